The third-order valence-electron chi connectivity index (χ3n) is 3.78. The third kappa shape index (κ3) is 5.64. The molecule has 1 saturated carbocycles. The predicted octanol–water partition coefficient (Wildman–Crippen LogP) is 3.71. The van der Waals surface area contributed by atoms with Crippen molar-refractivity contribution in [3.05, 3.63) is 0 Å². The molecule has 0 aromatic heterocycles. The van der Waals surface area contributed by atoms with Crippen molar-refractivity contribution in [1.82, 2.24) is 5.32 Å². The number of rotatable bonds is 5. The van der Waals surface area contributed by atoms with Gasteiger partial charge in [-0.25, -0.2) is 0 Å². The maximum Gasteiger partial charge on any atom is 0.220 e. The number of hydrogen-bond acceptors (Lipinski definition) is 2. The number of thioether (sulfide) groups is 1. The van der Waals surface area contributed by atoms with Crippen LogP contribution in [0.15, 0.2) is 0 Å². The summed E-state index contributed by atoms with van der Waals surface area (Å²) in [4.78, 5) is 12.0. The van der Waals surface area contributed by atoms with Crippen LogP contribution < -0.4 is 5.32 Å². The van der Waals surface area contributed by atoms with E-state index in [1.54, 1.807) is 11.8 Å². The van der Waals surface area contributed by atoms with Crippen LogP contribution in [0.3, 0.4) is 0 Å². The second-order valence-corrected chi connectivity index (χ2v) is 7.82. The molecule has 1 aliphatic rings. The van der Waals surface area contributed by atoms with E-state index < -0.39 is 0 Å². The molecule has 0 aromatic rings. The molecule has 3 atom stereocenters. The van der Waals surface area contributed by atoms with Crippen LogP contribution in [0.5, 0.6) is 0 Å². The fourth-order valence-corrected chi connectivity index (χ4v) is 4.17. The van der Waals surface area contributed by atoms with E-state index in [0.717, 1.165) is 11.7 Å². The lowest BCUT2D eigenvalue weighted by Crippen LogP contribution is -2.37. The lowest BCUT2D eigenvalue weighted by Gasteiger charge is -2.38. The highest BCUT2D eigenvalue weighted by Crippen LogP contribution is 2.42. The summed E-state index contributed by atoms with van der Waals surface area (Å²) >= 11 is 1.78. The number of hydrogen-bond donors (Lipinski definition) is 1. The lowest BCUT2D eigenvalue weighted by molar-refractivity contribution is -0.123. The molecular weight excluding hydrogens is 242 g/mol. The van der Waals surface area contributed by atoms with Crippen molar-refractivity contribution in [2.24, 2.45) is 17.3 Å². The lowest BCUT2D eigenvalue weighted by atomic mass is 9.67. The van der Waals surface area contributed by atoms with Crippen LogP contribution >= 0.6 is 11.8 Å². The van der Waals surface area contributed by atoms with Gasteiger partial charge in [-0.2, -0.15) is 11.8 Å². The third-order valence-corrected chi connectivity index (χ3v) is 4.61. The molecule has 0 spiro atoms. The summed E-state index contributed by atoms with van der Waals surface area (Å²) < 4.78 is 0. The Bertz CT molecular complexity index is 278. The first-order valence-electron chi connectivity index (χ1n) is 7.10. The Labute approximate surface area is 117 Å². The molecule has 0 saturated heterocycles. The monoisotopic (exact) mass is 271 g/mol. The highest BCUT2D eigenvalue weighted by atomic mass is 32.2. The number of nitrogens with one attached hydrogen (secondary N) is 1. The molecule has 0 bridgehead atoms. The quantitative estimate of drug-likeness (QED) is 0.826. The summed E-state index contributed by atoms with van der Waals surface area (Å²) in [5, 5.41) is 3.11. The first-order valence-corrected chi connectivity index (χ1v) is 8.50. The summed E-state index contributed by atoms with van der Waals surface area (Å²) in [6, 6.07) is 0.293. The number of amides is 1. The largest absolute Gasteiger partial charge is 0.353 e. The van der Waals surface area contributed by atoms with Crippen LogP contribution in [0.2, 0.25) is 0 Å². The first kappa shape index (κ1) is 15.9. The Morgan fingerprint density at radius 2 is 2.11 bits per heavy atom. The molecule has 1 aliphatic carbocycles. The molecule has 106 valence electrons. The Morgan fingerprint density at radius 3 is 2.67 bits per heavy atom. The minimum Gasteiger partial charge on any atom is -0.353 e. The van der Waals surface area contributed by atoms with Gasteiger partial charge >= 0.3 is 0 Å². The van der Waals surface area contributed by atoms with Gasteiger partial charge in [-0.1, -0.05) is 20.8 Å². The normalized spacial score (nSPS) is 28.7. The van der Waals surface area contributed by atoms with E-state index in [4.69, 9.17) is 0 Å². The first-order chi connectivity index (χ1) is 8.32. The summed E-state index contributed by atoms with van der Waals surface area (Å²) in [7, 11) is 0. The van der Waals surface area contributed by atoms with Crippen LogP contribution in [0.1, 0.15) is 53.4 Å². The maximum atomic E-state index is 12.0. The Balaban J connectivity index is 2.39. The second-order valence-electron chi connectivity index (χ2n) is 6.91. The van der Waals surface area contributed by atoms with Gasteiger partial charge in [0.05, 0.1) is 0 Å². The van der Waals surface area contributed by atoms with Crippen molar-refractivity contribution in [3.8, 4) is 0 Å². The predicted molar refractivity (Wildman–Crippen MR) is 80.9 cm³/mol. The zero-order valence-corrected chi connectivity index (χ0v) is 13.4. The van der Waals surface area contributed by atoms with Crippen molar-refractivity contribution in [2.75, 3.05) is 12.0 Å². The van der Waals surface area contributed by atoms with E-state index >= 15 is 0 Å². The molecular formula is C15H29NOS. The van der Waals surface area contributed by atoms with Crippen LogP contribution in [-0.4, -0.2) is 24.0 Å². The van der Waals surface area contributed by atoms with Gasteiger partial charge in [-0.3, -0.25) is 4.79 Å². The Morgan fingerprint density at radius 1 is 1.44 bits per heavy atom. The molecule has 0 heterocycles. The molecule has 1 fully saturated rings. The van der Waals surface area contributed by atoms with Crippen LogP contribution in [0.25, 0.3) is 0 Å². The molecule has 0 unspecified atom stereocenters. The molecule has 1 N–H and O–H groups in total. The molecule has 3 heteroatoms. The van der Waals surface area contributed by atoms with Gasteiger partial charge in [0.2, 0.25) is 5.91 Å². The van der Waals surface area contributed by atoms with E-state index in [0.29, 0.717) is 23.8 Å². The van der Waals surface area contributed by atoms with E-state index in [1.807, 2.05) is 0 Å². The summed E-state index contributed by atoms with van der Waals surface area (Å²) in [5.41, 5.74) is 0.410. The number of carbonyl (C=O) groups is 1. The van der Waals surface area contributed by atoms with Crippen LogP contribution in [0.4, 0.5) is 0 Å². The molecule has 0 radical (unpaired) electrons. The van der Waals surface area contributed by atoms with Gasteiger partial charge in [0, 0.05) is 18.2 Å². The van der Waals surface area contributed by atoms with Gasteiger partial charge in [0.25, 0.3) is 0 Å². The second kappa shape index (κ2) is 6.83. The molecule has 0 aliphatic heterocycles. The molecule has 1 rings (SSSR count). The van der Waals surface area contributed by atoms with Gasteiger partial charge in [0.15, 0.2) is 0 Å². The van der Waals surface area contributed by atoms with Gasteiger partial charge in [-0.05, 0) is 49.7 Å². The van der Waals surface area contributed by atoms with E-state index in [2.05, 4.69) is 39.3 Å². The fourth-order valence-electron chi connectivity index (χ4n) is 3.59. The zero-order chi connectivity index (χ0) is 13.8. The van der Waals surface area contributed by atoms with E-state index in [-0.39, 0.29) is 5.91 Å². The molecule has 1 amide bonds. The maximum absolute atomic E-state index is 12.0. The summed E-state index contributed by atoms with van der Waals surface area (Å²) in [6.45, 7) is 9.08. The average Bonchev–Trinajstić information content (AvgIpc) is 2.12. The molecule has 2 nitrogen and oxygen atoms in total. The van der Waals surface area contributed by atoms with Crippen molar-refractivity contribution < 1.29 is 4.79 Å². The summed E-state index contributed by atoms with van der Waals surface area (Å²) in [6.07, 6.45) is 6.50. The van der Waals surface area contributed by atoms with Crippen molar-refractivity contribution >= 4 is 17.7 Å². The molecule has 0 aromatic carbocycles. The van der Waals surface area contributed by atoms with E-state index in [1.165, 1.54) is 19.3 Å². The highest BCUT2D eigenvalue weighted by molar-refractivity contribution is 7.98. The Hall–Kier alpha value is -0.180. The standard InChI is InChI=1S/C15H29NOS/c1-11-6-13(9-15(3,4)8-11)7-14(17)16-12(2)10-18-5/h11-13H,6-10H2,1-5H3,(H,16,17)/t11-,12-,13-/m0/s1. The number of carbonyl (C=O) groups excluding carboxylic acids is 1. The Kier molecular flexibility index (Phi) is 6.03. The highest BCUT2D eigenvalue weighted by Gasteiger charge is 2.32. The van der Waals surface area contributed by atoms with Crippen LogP contribution in [0, 0.1) is 17.3 Å². The van der Waals surface area contributed by atoms with Gasteiger partial charge in [0.1, 0.15) is 0 Å². The van der Waals surface area contributed by atoms with Crippen molar-refractivity contribution in [1.29, 1.82) is 0 Å². The minimum atomic E-state index is 0.242. The van der Waals surface area contributed by atoms with Gasteiger partial charge in [-0.15, -0.1) is 0 Å². The topological polar surface area (TPSA) is 29.1 Å². The van der Waals surface area contributed by atoms with Gasteiger partial charge < -0.3 is 5.32 Å². The van der Waals surface area contributed by atoms with Crippen molar-refractivity contribution in [2.45, 2.75) is 59.4 Å². The van der Waals surface area contributed by atoms with Crippen LogP contribution in [-0.2, 0) is 4.79 Å². The SMILES string of the molecule is CSC[C@H](C)NC(=O)C[C@@H]1C[C@H](C)CC(C)(C)C1. The molecule has 18 heavy (non-hydrogen) atoms. The summed E-state index contributed by atoms with van der Waals surface area (Å²) in [5.74, 6) is 2.57. The van der Waals surface area contributed by atoms with E-state index in [9.17, 15) is 4.79 Å². The minimum absolute atomic E-state index is 0.242. The van der Waals surface area contributed by atoms with Crippen molar-refractivity contribution in [3.63, 3.8) is 0 Å². The smallest absolute Gasteiger partial charge is 0.220 e. The zero-order valence-electron chi connectivity index (χ0n) is 12.6. The fraction of sp³-hybridized carbons (Fsp3) is 0.933. The average molecular weight is 271 g/mol.